The van der Waals surface area contributed by atoms with Gasteiger partial charge in [-0.1, -0.05) is 0 Å². The predicted octanol–water partition coefficient (Wildman–Crippen LogP) is 0.0359. The Kier molecular flexibility index (Phi) is 3.56. The topological polar surface area (TPSA) is 59.0 Å². The van der Waals surface area contributed by atoms with Crippen molar-refractivity contribution in [2.24, 2.45) is 13.0 Å². The van der Waals surface area contributed by atoms with Gasteiger partial charge < -0.3 is 10.6 Å². The summed E-state index contributed by atoms with van der Waals surface area (Å²) in [7, 11) is 1.88. The van der Waals surface area contributed by atoms with Crippen LogP contribution in [0.15, 0.2) is 12.3 Å². The number of amides is 1. The summed E-state index contributed by atoms with van der Waals surface area (Å²) in [5, 5.41) is 10.2. The fraction of sp³-hybridized carbons (Fsp3) is 0.636. The van der Waals surface area contributed by atoms with Gasteiger partial charge in [-0.2, -0.15) is 5.10 Å². The summed E-state index contributed by atoms with van der Waals surface area (Å²) in [6.45, 7) is 1.84. The smallest absolute Gasteiger partial charge is 0.233 e. The lowest BCUT2D eigenvalue weighted by atomic mass is 10.4. The van der Waals surface area contributed by atoms with Crippen LogP contribution in [0.1, 0.15) is 18.5 Å². The number of hydrogen-bond donors (Lipinski definition) is 2. The third-order valence-electron chi connectivity index (χ3n) is 2.65. The van der Waals surface area contributed by atoms with Crippen LogP contribution >= 0.6 is 0 Å². The predicted molar refractivity (Wildman–Crippen MR) is 60.6 cm³/mol. The molecule has 0 unspecified atom stereocenters. The number of nitrogens with zero attached hydrogens (tertiary/aromatic N) is 2. The van der Waals surface area contributed by atoms with Gasteiger partial charge in [0.2, 0.25) is 5.91 Å². The monoisotopic (exact) mass is 222 g/mol. The molecule has 0 radical (unpaired) electrons. The van der Waals surface area contributed by atoms with Gasteiger partial charge in [0, 0.05) is 26.3 Å². The van der Waals surface area contributed by atoms with Gasteiger partial charge in [0.05, 0.1) is 12.2 Å². The fourth-order valence-electron chi connectivity index (χ4n) is 1.50. The van der Waals surface area contributed by atoms with E-state index in [1.807, 2.05) is 19.3 Å². The second kappa shape index (κ2) is 5.12. The first kappa shape index (κ1) is 11.1. The Morgan fingerprint density at radius 1 is 1.62 bits per heavy atom. The summed E-state index contributed by atoms with van der Waals surface area (Å²) in [6, 6.07) is 1.94. The lowest BCUT2D eigenvalue weighted by molar-refractivity contribution is -0.120. The van der Waals surface area contributed by atoms with E-state index in [-0.39, 0.29) is 5.91 Å². The van der Waals surface area contributed by atoms with E-state index in [0.717, 1.165) is 18.2 Å². The zero-order valence-corrected chi connectivity index (χ0v) is 9.57. The summed E-state index contributed by atoms with van der Waals surface area (Å²) in [5.74, 6) is 0.808. The molecule has 1 aromatic heterocycles. The summed E-state index contributed by atoms with van der Waals surface area (Å²) >= 11 is 0. The molecule has 1 aliphatic carbocycles. The van der Waals surface area contributed by atoms with Gasteiger partial charge in [-0.15, -0.1) is 0 Å². The molecular formula is C11H18N4O. The highest BCUT2D eigenvalue weighted by Crippen LogP contribution is 2.27. The van der Waals surface area contributed by atoms with E-state index in [1.54, 1.807) is 4.68 Å². The molecule has 0 aliphatic heterocycles. The van der Waals surface area contributed by atoms with E-state index in [1.165, 1.54) is 12.8 Å². The van der Waals surface area contributed by atoms with Crippen molar-refractivity contribution in [3.8, 4) is 0 Å². The molecule has 1 aromatic rings. The van der Waals surface area contributed by atoms with Gasteiger partial charge in [-0.25, -0.2) is 0 Å². The van der Waals surface area contributed by atoms with Crippen molar-refractivity contribution in [1.29, 1.82) is 0 Å². The highest BCUT2D eigenvalue weighted by Gasteiger charge is 2.21. The van der Waals surface area contributed by atoms with Crippen LogP contribution in [-0.2, 0) is 18.4 Å². The van der Waals surface area contributed by atoms with Crippen LogP contribution in [0.4, 0.5) is 0 Å². The van der Waals surface area contributed by atoms with Crippen molar-refractivity contribution < 1.29 is 4.79 Å². The zero-order valence-electron chi connectivity index (χ0n) is 9.57. The molecule has 5 heteroatoms. The molecule has 1 aliphatic rings. The maximum atomic E-state index is 11.4. The lowest BCUT2D eigenvalue weighted by Crippen LogP contribution is -2.34. The van der Waals surface area contributed by atoms with E-state index < -0.39 is 0 Å². The van der Waals surface area contributed by atoms with E-state index in [4.69, 9.17) is 0 Å². The van der Waals surface area contributed by atoms with E-state index >= 15 is 0 Å². The molecule has 0 bridgehead atoms. The fourth-order valence-corrected chi connectivity index (χ4v) is 1.50. The molecule has 0 aromatic carbocycles. The quantitative estimate of drug-likeness (QED) is 0.714. The number of carbonyl (C=O) groups excluding carboxylic acids is 1. The number of hydrogen-bond acceptors (Lipinski definition) is 3. The lowest BCUT2D eigenvalue weighted by Gasteiger charge is -2.04. The number of nitrogens with one attached hydrogen (secondary N) is 2. The largest absolute Gasteiger partial charge is 0.355 e. The van der Waals surface area contributed by atoms with Crippen LogP contribution in [0, 0.1) is 5.92 Å². The Hall–Kier alpha value is -1.36. The summed E-state index contributed by atoms with van der Waals surface area (Å²) in [6.07, 6.45) is 4.42. The zero-order chi connectivity index (χ0) is 11.4. The van der Waals surface area contributed by atoms with E-state index in [9.17, 15) is 4.79 Å². The molecule has 1 saturated carbocycles. The summed E-state index contributed by atoms with van der Waals surface area (Å²) in [4.78, 5) is 11.4. The second-order valence-electron chi connectivity index (χ2n) is 4.33. The first-order valence-electron chi connectivity index (χ1n) is 5.70. The standard InChI is InChI=1S/C11H18N4O/c1-15-5-4-10(14-15)7-12-8-11(16)13-6-9-2-3-9/h4-5,9,12H,2-3,6-8H2,1H3,(H,13,16). The molecule has 1 fully saturated rings. The Bertz CT molecular complexity index is 357. The minimum absolute atomic E-state index is 0.0721. The summed E-state index contributed by atoms with van der Waals surface area (Å²) in [5.41, 5.74) is 0.956. The highest BCUT2D eigenvalue weighted by atomic mass is 16.1. The maximum Gasteiger partial charge on any atom is 0.233 e. The minimum atomic E-state index is 0.0721. The third kappa shape index (κ3) is 3.66. The maximum absolute atomic E-state index is 11.4. The Balaban J connectivity index is 1.57. The van der Waals surface area contributed by atoms with Crippen LogP contribution < -0.4 is 10.6 Å². The number of aromatic nitrogens is 2. The second-order valence-corrected chi connectivity index (χ2v) is 4.33. The normalized spacial score (nSPS) is 15.1. The molecule has 0 saturated heterocycles. The number of carbonyl (C=O) groups is 1. The molecule has 2 rings (SSSR count). The van der Waals surface area contributed by atoms with Gasteiger partial charge in [0.15, 0.2) is 0 Å². The molecule has 0 spiro atoms. The first-order valence-corrected chi connectivity index (χ1v) is 5.70. The molecule has 1 heterocycles. The van der Waals surface area contributed by atoms with Crippen LogP contribution in [0.5, 0.6) is 0 Å². The van der Waals surface area contributed by atoms with Crippen molar-refractivity contribution in [2.75, 3.05) is 13.1 Å². The molecule has 16 heavy (non-hydrogen) atoms. The van der Waals surface area contributed by atoms with Gasteiger partial charge in [-0.3, -0.25) is 9.48 Å². The first-order chi connectivity index (χ1) is 7.74. The average Bonchev–Trinajstić information content (AvgIpc) is 2.99. The molecule has 5 nitrogen and oxygen atoms in total. The van der Waals surface area contributed by atoms with Gasteiger partial charge >= 0.3 is 0 Å². The molecular weight excluding hydrogens is 204 g/mol. The van der Waals surface area contributed by atoms with E-state index in [2.05, 4.69) is 15.7 Å². The van der Waals surface area contributed by atoms with Crippen molar-refractivity contribution in [2.45, 2.75) is 19.4 Å². The number of aryl methyl sites for hydroxylation is 1. The summed E-state index contributed by atoms with van der Waals surface area (Å²) < 4.78 is 1.75. The van der Waals surface area contributed by atoms with Gasteiger partial charge in [-0.05, 0) is 24.8 Å². The third-order valence-corrected chi connectivity index (χ3v) is 2.65. The Labute approximate surface area is 95.2 Å². The Morgan fingerprint density at radius 3 is 3.06 bits per heavy atom. The van der Waals surface area contributed by atoms with Gasteiger partial charge in [0.25, 0.3) is 0 Å². The van der Waals surface area contributed by atoms with Crippen molar-refractivity contribution in [1.82, 2.24) is 20.4 Å². The molecule has 2 N–H and O–H groups in total. The molecule has 88 valence electrons. The van der Waals surface area contributed by atoms with Crippen molar-refractivity contribution in [3.05, 3.63) is 18.0 Å². The van der Waals surface area contributed by atoms with Crippen molar-refractivity contribution in [3.63, 3.8) is 0 Å². The van der Waals surface area contributed by atoms with Crippen LogP contribution in [0.2, 0.25) is 0 Å². The molecule has 0 atom stereocenters. The highest BCUT2D eigenvalue weighted by molar-refractivity contribution is 5.77. The number of rotatable bonds is 6. The minimum Gasteiger partial charge on any atom is -0.355 e. The van der Waals surface area contributed by atoms with E-state index in [0.29, 0.717) is 13.1 Å². The van der Waals surface area contributed by atoms with Crippen LogP contribution in [0.3, 0.4) is 0 Å². The Morgan fingerprint density at radius 2 is 2.44 bits per heavy atom. The molecule has 1 amide bonds. The van der Waals surface area contributed by atoms with Gasteiger partial charge in [0.1, 0.15) is 0 Å². The SMILES string of the molecule is Cn1ccc(CNCC(=O)NCC2CC2)n1. The van der Waals surface area contributed by atoms with Crippen molar-refractivity contribution >= 4 is 5.91 Å². The van der Waals surface area contributed by atoms with Crippen LogP contribution in [-0.4, -0.2) is 28.8 Å². The van der Waals surface area contributed by atoms with Crippen LogP contribution in [0.25, 0.3) is 0 Å². The average molecular weight is 222 g/mol.